The minimum atomic E-state index is -4.01. The highest BCUT2D eigenvalue weighted by atomic mass is 35.5. The van der Waals surface area contributed by atoms with Gasteiger partial charge in [0.05, 0.1) is 15.5 Å². The molecule has 0 bridgehead atoms. The third-order valence-electron chi connectivity index (χ3n) is 3.76. The Morgan fingerprint density at radius 1 is 1.11 bits per heavy atom. The molecule has 0 spiro atoms. The smallest absolute Gasteiger partial charge is 0.340 e. The van der Waals surface area contributed by atoms with Crippen LogP contribution >= 0.6 is 11.6 Å². The van der Waals surface area contributed by atoms with Crippen molar-refractivity contribution in [2.75, 3.05) is 11.9 Å². The van der Waals surface area contributed by atoms with Crippen LogP contribution in [-0.4, -0.2) is 26.9 Å². The molecule has 2 aromatic rings. The highest BCUT2D eigenvalue weighted by Gasteiger charge is 2.18. The third-order valence-corrected chi connectivity index (χ3v) is 5.00. The second-order valence-corrected chi connectivity index (χ2v) is 8.05. The molecule has 0 saturated carbocycles. The molecule has 0 unspecified atom stereocenters. The lowest BCUT2D eigenvalue weighted by atomic mass is 10.1. The number of halogens is 1. The van der Waals surface area contributed by atoms with Gasteiger partial charge in [0.2, 0.25) is 10.0 Å². The molecule has 0 heterocycles. The summed E-state index contributed by atoms with van der Waals surface area (Å²) < 4.78 is 27.7. The molecule has 7 nitrogen and oxygen atoms in total. The van der Waals surface area contributed by atoms with Crippen LogP contribution in [0.1, 0.15) is 27.0 Å². The Morgan fingerprint density at radius 3 is 2.26 bits per heavy atom. The predicted molar refractivity (Wildman–Crippen MR) is 102 cm³/mol. The zero-order valence-electron chi connectivity index (χ0n) is 15.0. The average Bonchev–Trinajstić information content (AvgIpc) is 2.55. The number of carbonyl (C=O) groups is 2. The van der Waals surface area contributed by atoms with E-state index in [4.69, 9.17) is 21.5 Å². The summed E-state index contributed by atoms with van der Waals surface area (Å²) in [6.07, 6.45) is 0. The first-order valence-electron chi connectivity index (χ1n) is 7.86. The van der Waals surface area contributed by atoms with Crippen molar-refractivity contribution >= 4 is 39.2 Å². The molecular weight excluding hydrogens is 392 g/mol. The summed E-state index contributed by atoms with van der Waals surface area (Å²) in [4.78, 5) is 24.0. The van der Waals surface area contributed by atoms with E-state index in [9.17, 15) is 18.0 Å². The molecule has 27 heavy (non-hydrogen) atoms. The Morgan fingerprint density at radius 2 is 1.70 bits per heavy atom. The molecule has 0 saturated heterocycles. The summed E-state index contributed by atoms with van der Waals surface area (Å²) >= 11 is 5.91. The number of benzene rings is 2. The number of sulfonamides is 1. The van der Waals surface area contributed by atoms with Crippen molar-refractivity contribution in [1.29, 1.82) is 0 Å². The van der Waals surface area contributed by atoms with Gasteiger partial charge in [-0.25, -0.2) is 18.4 Å². The molecule has 0 atom stereocenters. The molecule has 144 valence electrons. The number of esters is 1. The van der Waals surface area contributed by atoms with E-state index < -0.39 is 28.5 Å². The predicted octanol–water partition coefficient (Wildman–Crippen LogP) is 2.71. The van der Waals surface area contributed by atoms with Gasteiger partial charge in [-0.2, -0.15) is 0 Å². The van der Waals surface area contributed by atoms with Gasteiger partial charge in [-0.15, -0.1) is 0 Å². The first-order chi connectivity index (χ1) is 12.5. The van der Waals surface area contributed by atoms with E-state index in [2.05, 4.69) is 5.32 Å². The Hall–Kier alpha value is -2.42. The van der Waals surface area contributed by atoms with Crippen LogP contribution < -0.4 is 10.5 Å². The SMILES string of the molecule is Cc1cc(C)c(NC(=O)COC(=O)c2cc(S(N)(=O)=O)ccc2Cl)c(C)c1. The maximum absolute atomic E-state index is 12.2. The number of hydrogen-bond acceptors (Lipinski definition) is 5. The van der Waals surface area contributed by atoms with Crippen molar-refractivity contribution in [3.63, 3.8) is 0 Å². The van der Waals surface area contributed by atoms with Crippen LogP contribution in [0.25, 0.3) is 0 Å². The number of aryl methyl sites for hydroxylation is 3. The summed E-state index contributed by atoms with van der Waals surface area (Å²) in [6.45, 7) is 5.12. The minimum Gasteiger partial charge on any atom is -0.452 e. The topological polar surface area (TPSA) is 116 Å². The number of nitrogens with two attached hydrogens (primary N) is 1. The number of primary sulfonamides is 1. The monoisotopic (exact) mass is 410 g/mol. The number of hydrogen-bond donors (Lipinski definition) is 2. The molecule has 0 aliphatic heterocycles. The fourth-order valence-electron chi connectivity index (χ4n) is 2.60. The lowest BCUT2D eigenvalue weighted by Crippen LogP contribution is -2.22. The number of nitrogens with one attached hydrogen (secondary N) is 1. The zero-order chi connectivity index (χ0) is 20.4. The fraction of sp³-hybridized carbons (Fsp3) is 0.222. The number of carbonyl (C=O) groups excluding carboxylic acids is 2. The van der Waals surface area contributed by atoms with Crippen molar-refractivity contribution in [2.24, 2.45) is 5.14 Å². The van der Waals surface area contributed by atoms with Crippen LogP contribution in [-0.2, 0) is 19.6 Å². The number of amides is 1. The largest absolute Gasteiger partial charge is 0.452 e. The van der Waals surface area contributed by atoms with Crippen LogP contribution in [0.15, 0.2) is 35.2 Å². The van der Waals surface area contributed by atoms with E-state index in [0.29, 0.717) is 5.69 Å². The average molecular weight is 411 g/mol. The van der Waals surface area contributed by atoms with Gasteiger partial charge in [0.15, 0.2) is 6.61 Å². The molecule has 3 N–H and O–H groups in total. The van der Waals surface area contributed by atoms with E-state index in [1.165, 1.54) is 12.1 Å². The van der Waals surface area contributed by atoms with Crippen molar-refractivity contribution < 1.29 is 22.7 Å². The van der Waals surface area contributed by atoms with Gasteiger partial charge in [-0.05, 0) is 50.1 Å². The number of anilines is 1. The van der Waals surface area contributed by atoms with Gasteiger partial charge in [0, 0.05) is 5.69 Å². The molecule has 0 aliphatic carbocycles. The summed E-state index contributed by atoms with van der Waals surface area (Å²) in [5, 5.41) is 7.72. The van der Waals surface area contributed by atoms with E-state index in [0.717, 1.165) is 22.8 Å². The van der Waals surface area contributed by atoms with E-state index in [-0.39, 0.29) is 15.5 Å². The summed E-state index contributed by atoms with van der Waals surface area (Å²) in [6, 6.07) is 7.24. The Labute approximate surface area is 162 Å². The quantitative estimate of drug-likeness (QED) is 0.735. The molecule has 0 radical (unpaired) electrons. The number of ether oxygens (including phenoxy) is 1. The summed E-state index contributed by atoms with van der Waals surface area (Å²) in [7, 11) is -4.01. The molecule has 2 rings (SSSR count). The second-order valence-electron chi connectivity index (χ2n) is 6.08. The van der Waals surface area contributed by atoms with Gasteiger partial charge in [-0.3, -0.25) is 4.79 Å². The third kappa shape index (κ3) is 5.29. The maximum atomic E-state index is 12.2. The maximum Gasteiger partial charge on any atom is 0.340 e. The molecule has 0 aliphatic rings. The van der Waals surface area contributed by atoms with Gasteiger partial charge in [-0.1, -0.05) is 29.3 Å². The lowest BCUT2D eigenvalue weighted by molar-refractivity contribution is -0.119. The van der Waals surface area contributed by atoms with Crippen LogP contribution in [0.3, 0.4) is 0 Å². The van der Waals surface area contributed by atoms with Crippen LogP contribution in [0.5, 0.6) is 0 Å². The highest BCUT2D eigenvalue weighted by molar-refractivity contribution is 7.89. The van der Waals surface area contributed by atoms with Crippen LogP contribution in [0.4, 0.5) is 5.69 Å². The fourth-order valence-corrected chi connectivity index (χ4v) is 3.33. The van der Waals surface area contributed by atoms with E-state index in [1.807, 2.05) is 32.9 Å². The summed E-state index contributed by atoms with van der Waals surface area (Å²) in [5.41, 5.74) is 3.29. The highest BCUT2D eigenvalue weighted by Crippen LogP contribution is 2.23. The molecule has 1 amide bonds. The molecule has 2 aromatic carbocycles. The Bertz CT molecular complexity index is 995. The standard InChI is InChI=1S/C18H19ClN2O5S/c1-10-6-11(2)17(12(3)7-10)21-16(22)9-26-18(23)14-8-13(27(20,24)25)4-5-15(14)19/h4-8H,9H2,1-3H3,(H,21,22)(H2,20,24,25). The van der Waals surface area contributed by atoms with Gasteiger partial charge >= 0.3 is 5.97 Å². The lowest BCUT2D eigenvalue weighted by Gasteiger charge is -2.13. The van der Waals surface area contributed by atoms with Gasteiger partial charge in [0.1, 0.15) is 0 Å². The van der Waals surface area contributed by atoms with Gasteiger partial charge < -0.3 is 10.1 Å². The first-order valence-corrected chi connectivity index (χ1v) is 9.78. The summed E-state index contributed by atoms with van der Waals surface area (Å²) in [5.74, 6) is -1.46. The van der Waals surface area contributed by atoms with Crippen molar-refractivity contribution in [3.8, 4) is 0 Å². The van der Waals surface area contributed by atoms with Crippen molar-refractivity contribution in [2.45, 2.75) is 25.7 Å². The van der Waals surface area contributed by atoms with Crippen LogP contribution in [0, 0.1) is 20.8 Å². The van der Waals surface area contributed by atoms with Crippen molar-refractivity contribution in [3.05, 3.63) is 57.6 Å². The zero-order valence-corrected chi connectivity index (χ0v) is 16.6. The first kappa shape index (κ1) is 20.9. The molecule has 9 heteroatoms. The van der Waals surface area contributed by atoms with Crippen LogP contribution in [0.2, 0.25) is 5.02 Å². The minimum absolute atomic E-state index is 0.0157. The molecule has 0 fully saturated rings. The second kappa shape index (κ2) is 8.08. The molecular formula is C18H19ClN2O5S. The van der Waals surface area contributed by atoms with Crippen molar-refractivity contribution in [1.82, 2.24) is 0 Å². The van der Waals surface area contributed by atoms with E-state index in [1.54, 1.807) is 0 Å². The Balaban J connectivity index is 2.09. The van der Waals surface area contributed by atoms with E-state index >= 15 is 0 Å². The molecule has 0 aromatic heterocycles. The Kier molecular flexibility index (Phi) is 6.25. The number of rotatable bonds is 5. The normalized spacial score (nSPS) is 11.1. The van der Waals surface area contributed by atoms with Gasteiger partial charge in [0.25, 0.3) is 5.91 Å².